The first kappa shape index (κ1) is 15.2. The number of aromatic nitrogens is 2. The standard InChI is InChI=1S/C13H16BrN3O2S/c1-10-16-13(9-17(10)2)20(18,19)15-8-12(14)11-6-4-3-5-7-11/h3-7,9,12,15H,8H2,1-2H3. The number of alkyl halides is 1. The second-order valence-corrected chi connectivity index (χ2v) is 7.29. The highest BCUT2D eigenvalue weighted by Crippen LogP contribution is 2.21. The summed E-state index contributed by atoms with van der Waals surface area (Å²) in [7, 11) is -1.81. The number of halogens is 1. The van der Waals surface area contributed by atoms with Crippen molar-refractivity contribution in [2.75, 3.05) is 6.54 Å². The monoisotopic (exact) mass is 357 g/mol. The van der Waals surface area contributed by atoms with Gasteiger partial charge in [0.05, 0.1) is 4.83 Å². The number of sulfonamides is 1. The maximum atomic E-state index is 12.1. The molecule has 2 rings (SSSR count). The van der Waals surface area contributed by atoms with Gasteiger partial charge in [0, 0.05) is 19.8 Å². The highest BCUT2D eigenvalue weighted by Gasteiger charge is 2.19. The van der Waals surface area contributed by atoms with Crippen molar-refractivity contribution < 1.29 is 8.42 Å². The lowest BCUT2D eigenvalue weighted by Crippen LogP contribution is -2.27. The maximum Gasteiger partial charge on any atom is 0.259 e. The third-order valence-corrected chi connectivity index (χ3v) is 5.12. The molecule has 0 aliphatic carbocycles. The highest BCUT2D eigenvalue weighted by atomic mass is 79.9. The van der Waals surface area contributed by atoms with Gasteiger partial charge in [-0.1, -0.05) is 46.3 Å². The number of imidazole rings is 1. The zero-order chi connectivity index (χ0) is 14.8. The summed E-state index contributed by atoms with van der Waals surface area (Å²) < 4.78 is 28.5. The van der Waals surface area contributed by atoms with Crippen molar-refractivity contribution in [3.8, 4) is 0 Å². The molecule has 0 amide bonds. The van der Waals surface area contributed by atoms with Gasteiger partial charge in [-0.25, -0.2) is 18.1 Å². The Balaban J connectivity index is 2.06. The molecule has 1 heterocycles. The van der Waals surface area contributed by atoms with Gasteiger partial charge in [0.25, 0.3) is 10.0 Å². The van der Waals surface area contributed by atoms with E-state index in [1.165, 1.54) is 6.20 Å². The number of hydrogen-bond donors (Lipinski definition) is 1. The number of benzene rings is 1. The lowest BCUT2D eigenvalue weighted by Gasteiger charge is -2.10. The van der Waals surface area contributed by atoms with Crippen LogP contribution in [-0.2, 0) is 17.1 Å². The maximum absolute atomic E-state index is 12.1. The first-order chi connectivity index (χ1) is 9.40. The SMILES string of the molecule is Cc1nc(S(=O)(=O)NCC(Br)c2ccccc2)cn1C. The van der Waals surface area contributed by atoms with Gasteiger partial charge in [0.2, 0.25) is 0 Å². The molecular formula is C13H16BrN3O2S. The van der Waals surface area contributed by atoms with Gasteiger partial charge < -0.3 is 4.57 Å². The summed E-state index contributed by atoms with van der Waals surface area (Å²) in [6.45, 7) is 2.03. The zero-order valence-electron chi connectivity index (χ0n) is 11.2. The number of hydrogen-bond acceptors (Lipinski definition) is 3. The summed E-state index contributed by atoms with van der Waals surface area (Å²) >= 11 is 3.48. The van der Waals surface area contributed by atoms with E-state index in [4.69, 9.17) is 0 Å². The highest BCUT2D eigenvalue weighted by molar-refractivity contribution is 9.09. The number of aryl methyl sites for hydroxylation is 2. The lowest BCUT2D eigenvalue weighted by atomic mass is 10.2. The van der Waals surface area contributed by atoms with Crippen molar-refractivity contribution >= 4 is 26.0 Å². The van der Waals surface area contributed by atoms with Crippen molar-refractivity contribution in [3.05, 3.63) is 47.9 Å². The molecule has 0 saturated heterocycles. The lowest BCUT2D eigenvalue weighted by molar-refractivity contribution is 0.578. The van der Waals surface area contributed by atoms with Gasteiger partial charge in [-0.05, 0) is 12.5 Å². The molecule has 7 heteroatoms. The van der Waals surface area contributed by atoms with Gasteiger partial charge in [-0.2, -0.15) is 0 Å². The third kappa shape index (κ3) is 3.47. The largest absolute Gasteiger partial charge is 0.337 e. The van der Waals surface area contributed by atoms with Gasteiger partial charge in [-0.3, -0.25) is 0 Å². The topological polar surface area (TPSA) is 64.0 Å². The Morgan fingerprint density at radius 2 is 2.00 bits per heavy atom. The molecule has 0 bridgehead atoms. The summed E-state index contributed by atoms with van der Waals surface area (Å²) in [6.07, 6.45) is 1.50. The molecule has 1 aromatic carbocycles. The predicted molar refractivity (Wildman–Crippen MR) is 81.2 cm³/mol. The normalized spacial score (nSPS) is 13.3. The molecule has 0 spiro atoms. The van der Waals surface area contributed by atoms with Crippen LogP contribution < -0.4 is 4.72 Å². The van der Waals surface area contributed by atoms with E-state index in [2.05, 4.69) is 25.6 Å². The Morgan fingerprint density at radius 1 is 1.35 bits per heavy atom. The van der Waals surface area contributed by atoms with E-state index in [0.717, 1.165) is 5.56 Å². The van der Waals surface area contributed by atoms with E-state index in [1.807, 2.05) is 30.3 Å². The molecule has 108 valence electrons. The minimum atomic E-state index is -3.58. The average molecular weight is 358 g/mol. The Morgan fingerprint density at radius 3 is 2.55 bits per heavy atom. The fourth-order valence-electron chi connectivity index (χ4n) is 1.69. The van der Waals surface area contributed by atoms with Crippen LogP contribution in [0, 0.1) is 6.92 Å². The molecule has 0 aliphatic rings. The molecular weight excluding hydrogens is 342 g/mol. The minimum absolute atomic E-state index is 0.0465. The van der Waals surface area contributed by atoms with Crippen LogP contribution in [0.25, 0.3) is 0 Å². The second-order valence-electron chi connectivity index (χ2n) is 4.47. The van der Waals surface area contributed by atoms with E-state index in [1.54, 1.807) is 18.5 Å². The molecule has 0 saturated carbocycles. The van der Waals surface area contributed by atoms with Crippen LogP contribution in [-0.4, -0.2) is 24.5 Å². The van der Waals surface area contributed by atoms with Gasteiger partial charge in [-0.15, -0.1) is 0 Å². The van der Waals surface area contributed by atoms with Gasteiger partial charge in [0.15, 0.2) is 5.03 Å². The Labute approximate surface area is 127 Å². The van der Waals surface area contributed by atoms with Crippen LogP contribution in [0.5, 0.6) is 0 Å². The average Bonchev–Trinajstić information content (AvgIpc) is 2.78. The van der Waals surface area contributed by atoms with E-state index in [-0.39, 0.29) is 16.4 Å². The Bertz CT molecular complexity index is 663. The van der Waals surface area contributed by atoms with Crippen LogP contribution in [0.15, 0.2) is 41.6 Å². The van der Waals surface area contributed by atoms with E-state index in [0.29, 0.717) is 5.82 Å². The van der Waals surface area contributed by atoms with E-state index < -0.39 is 10.0 Å². The van der Waals surface area contributed by atoms with E-state index >= 15 is 0 Å². The van der Waals surface area contributed by atoms with Gasteiger partial charge in [0.1, 0.15) is 5.82 Å². The van der Waals surface area contributed by atoms with Crippen molar-refractivity contribution in [1.29, 1.82) is 0 Å². The molecule has 1 aromatic heterocycles. The van der Waals surface area contributed by atoms with E-state index in [9.17, 15) is 8.42 Å². The van der Waals surface area contributed by atoms with Gasteiger partial charge >= 0.3 is 0 Å². The summed E-state index contributed by atoms with van der Waals surface area (Å²) in [6, 6.07) is 9.64. The summed E-state index contributed by atoms with van der Waals surface area (Å²) in [5.74, 6) is 0.656. The van der Waals surface area contributed by atoms with Crippen LogP contribution in [0.3, 0.4) is 0 Å². The molecule has 5 nitrogen and oxygen atoms in total. The fraction of sp³-hybridized carbons (Fsp3) is 0.308. The van der Waals surface area contributed by atoms with Crippen LogP contribution in [0.2, 0.25) is 0 Å². The van der Waals surface area contributed by atoms with Crippen LogP contribution >= 0.6 is 15.9 Å². The number of nitrogens with one attached hydrogen (secondary N) is 1. The van der Waals surface area contributed by atoms with Crippen LogP contribution in [0.4, 0.5) is 0 Å². The zero-order valence-corrected chi connectivity index (χ0v) is 13.6. The quantitative estimate of drug-likeness (QED) is 0.833. The first-order valence-electron chi connectivity index (χ1n) is 6.09. The predicted octanol–water partition coefficient (Wildman–Crippen LogP) is 2.14. The molecule has 0 aliphatic heterocycles. The Kier molecular flexibility index (Phi) is 4.62. The number of rotatable bonds is 5. The number of nitrogens with zero attached hydrogens (tertiary/aromatic N) is 2. The second kappa shape index (κ2) is 6.07. The summed E-state index contributed by atoms with van der Waals surface area (Å²) in [5, 5.41) is 0.0465. The molecule has 1 atom stereocenters. The fourth-order valence-corrected chi connectivity index (χ4v) is 3.46. The first-order valence-corrected chi connectivity index (χ1v) is 8.48. The van der Waals surface area contributed by atoms with Crippen molar-refractivity contribution in [2.45, 2.75) is 16.8 Å². The minimum Gasteiger partial charge on any atom is -0.337 e. The van der Waals surface area contributed by atoms with Crippen molar-refractivity contribution in [2.24, 2.45) is 7.05 Å². The Hall–Kier alpha value is -1.18. The molecule has 1 unspecified atom stereocenters. The van der Waals surface area contributed by atoms with Crippen molar-refractivity contribution in [3.63, 3.8) is 0 Å². The molecule has 20 heavy (non-hydrogen) atoms. The summed E-state index contributed by atoms with van der Waals surface area (Å²) in [5.41, 5.74) is 1.02. The molecule has 0 fully saturated rings. The van der Waals surface area contributed by atoms with Crippen LogP contribution in [0.1, 0.15) is 16.2 Å². The molecule has 0 radical (unpaired) electrons. The molecule has 1 N–H and O–H groups in total. The third-order valence-electron chi connectivity index (χ3n) is 2.98. The smallest absolute Gasteiger partial charge is 0.259 e. The van der Waals surface area contributed by atoms with Crippen molar-refractivity contribution in [1.82, 2.24) is 14.3 Å². The molecule has 2 aromatic rings. The summed E-state index contributed by atoms with van der Waals surface area (Å²) in [4.78, 5) is 3.95.